The Labute approximate surface area is 154 Å². The highest BCUT2D eigenvalue weighted by Crippen LogP contribution is 2.37. The molecular formula is C16H12Cl4N2O. The average Bonchev–Trinajstić information content (AvgIpc) is 2.91. The molecule has 1 aromatic rings. The van der Waals surface area contributed by atoms with Crippen LogP contribution in [-0.4, -0.2) is 16.0 Å². The van der Waals surface area contributed by atoms with E-state index in [0.717, 1.165) is 5.56 Å². The maximum atomic E-state index is 11.5. The summed E-state index contributed by atoms with van der Waals surface area (Å²) in [6.07, 6.45) is 1.80. The van der Waals surface area contributed by atoms with Gasteiger partial charge in [0.15, 0.2) is 0 Å². The largest absolute Gasteiger partial charge is 0.274 e. The van der Waals surface area contributed by atoms with Crippen LogP contribution in [0.2, 0.25) is 5.02 Å². The molecular weight excluding hydrogens is 378 g/mol. The number of carbonyl (C=O) groups excluding carboxylic acids is 1. The van der Waals surface area contributed by atoms with E-state index in [-0.39, 0.29) is 21.8 Å². The van der Waals surface area contributed by atoms with E-state index in [2.05, 4.69) is 18.3 Å². The van der Waals surface area contributed by atoms with Crippen LogP contribution in [0.3, 0.4) is 0 Å². The first-order valence-corrected chi connectivity index (χ1v) is 8.03. The van der Waals surface area contributed by atoms with Crippen LogP contribution in [0.1, 0.15) is 18.0 Å². The Kier molecular flexibility index (Phi) is 5.93. The lowest BCUT2D eigenvalue weighted by molar-refractivity contribution is -0.106. The number of nitrogens with zero attached hydrogens (tertiary/aromatic N) is 2. The van der Waals surface area contributed by atoms with Crippen LogP contribution in [0.15, 0.2) is 64.4 Å². The quantitative estimate of drug-likeness (QED) is 0.485. The van der Waals surface area contributed by atoms with Gasteiger partial charge in [-0.3, -0.25) is 9.80 Å². The first-order valence-electron chi connectivity index (χ1n) is 6.52. The van der Waals surface area contributed by atoms with Crippen LogP contribution >= 0.6 is 46.4 Å². The SMILES string of the molecule is C=C(Cl)/C=C(/Cl)C(=C)N1N=C(C(=O)Cl)CC1c1ccc(Cl)cc1. The molecule has 1 heterocycles. The zero-order chi connectivity index (χ0) is 17.1. The minimum Gasteiger partial charge on any atom is -0.274 e. The first-order chi connectivity index (χ1) is 10.8. The summed E-state index contributed by atoms with van der Waals surface area (Å²) in [7, 11) is 0. The van der Waals surface area contributed by atoms with Gasteiger partial charge in [-0.15, -0.1) is 0 Å². The monoisotopic (exact) mass is 388 g/mol. The molecule has 0 amide bonds. The molecule has 0 spiro atoms. The Morgan fingerprint density at radius 1 is 1.22 bits per heavy atom. The minimum absolute atomic E-state index is 0.238. The summed E-state index contributed by atoms with van der Waals surface area (Å²) in [6.45, 7) is 7.47. The topological polar surface area (TPSA) is 32.7 Å². The number of halogens is 4. The Hall–Kier alpha value is -1.26. The molecule has 7 heteroatoms. The van der Waals surface area contributed by atoms with Crippen molar-refractivity contribution >= 4 is 57.4 Å². The molecule has 0 radical (unpaired) electrons. The number of hydrogen-bond donors (Lipinski definition) is 0. The fourth-order valence-corrected chi connectivity index (χ4v) is 2.78. The summed E-state index contributed by atoms with van der Waals surface area (Å²) >= 11 is 23.4. The molecule has 0 saturated heterocycles. The molecule has 23 heavy (non-hydrogen) atoms. The van der Waals surface area contributed by atoms with Gasteiger partial charge in [-0.05, 0) is 35.4 Å². The van der Waals surface area contributed by atoms with E-state index in [9.17, 15) is 4.79 Å². The van der Waals surface area contributed by atoms with Gasteiger partial charge in [0, 0.05) is 16.5 Å². The van der Waals surface area contributed by atoms with Gasteiger partial charge in [0.2, 0.25) is 0 Å². The van der Waals surface area contributed by atoms with E-state index in [1.54, 1.807) is 17.1 Å². The fraction of sp³-hybridized carbons (Fsp3) is 0.125. The Morgan fingerprint density at radius 3 is 2.35 bits per heavy atom. The van der Waals surface area contributed by atoms with Crippen LogP contribution < -0.4 is 0 Å². The molecule has 0 fully saturated rings. The molecule has 0 aliphatic carbocycles. The second kappa shape index (κ2) is 7.54. The highest BCUT2D eigenvalue weighted by molar-refractivity contribution is 6.82. The van der Waals surface area contributed by atoms with Crippen LogP contribution in [-0.2, 0) is 4.79 Å². The molecule has 0 N–H and O–H groups in total. The number of rotatable bonds is 5. The Balaban J connectivity index is 2.38. The standard InChI is InChI=1S/C16H12Cl4N2O/c1-9(17)7-13(19)10(2)22-15(8-14(21-22)16(20)23)11-3-5-12(18)6-4-11/h3-7,15H,1-2,8H2/b13-7+. The number of hydrogen-bond acceptors (Lipinski definition) is 3. The molecule has 3 nitrogen and oxygen atoms in total. The van der Waals surface area contributed by atoms with E-state index in [0.29, 0.717) is 17.1 Å². The van der Waals surface area contributed by atoms with Gasteiger partial charge < -0.3 is 0 Å². The summed E-state index contributed by atoms with van der Waals surface area (Å²) in [4.78, 5) is 11.5. The van der Waals surface area contributed by atoms with Gasteiger partial charge in [0.05, 0.1) is 16.8 Å². The lowest BCUT2D eigenvalue weighted by Gasteiger charge is -2.25. The van der Waals surface area contributed by atoms with Gasteiger partial charge >= 0.3 is 0 Å². The van der Waals surface area contributed by atoms with Gasteiger partial charge in [-0.1, -0.05) is 60.1 Å². The van der Waals surface area contributed by atoms with Crippen molar-refractivity contribution in [3.8, 4) is 0 Å². The van der Waals surface area contributed by atoms with Crippen molar-refractivity contribution in [2.45, 2.75) is 12.5 Å². The van der Waals surface area contributed by atoms with Crippen molar-refractivity contribution in [1.82, 2.24) is 5.01 Å². The van der Waals surface area contributed by atoms with Crippen molar-refractivity contribution in [2.24, 2.45) is 5.10 Å². The summed E-state index contributed by atoms with van der Waals surface area (Å²) in [5.41, 5.74) is 1.53. The lowest BCUT2D eigenvalue weighted by atomic mass is 10.0. The summed E-state index contributed by atoms with van der Waals surface area (Å²) < 4.78 is 0. The highest BCUT2D eigenvalue weighted by Gasteiger charge is 2.33. The van der Waals surface area contributed by atoms with Crippen molar-refractivity contribution in [3.05, 3.63) is 69.8 Å². The Bertz CT molecular complexity index is 722. The van der Waals surface area contributed by atoms with Gasteiger partial charge in [0.1, 0.15) is 5.71 Å². The molecule has 1 aromatic carbocycles. The zero-order valence-electron chi connectivity index (χ0n) is 11.9. The molecule has 1 unspecified atom stereocenters. The third kappa shape index (κ3) is 4.39. The van der Waals surface area contributed by atoms with Crippen LogP contribution in [0, 0.1) is 0 Å². The van der Waals surface area contributed by atoms with E-state index in [1.807, 2.05) is 12.1 Å². The van der Waals surface area contributed by atoms with Crippen molar-refractivity contribution in [3.63, 3.8) is 0 Å². The van der Waals surface area contributed by atoms with Crippen molar-refractivity contribution in [2.75, 3.05) is 0 Å². The van der Waals surface area contributed by atoms with E-state index < -0.39 is 5.24 Å². The van der Waals surface area contributed by atoms with Crippen molar-refractivity contribution < 1.29 is 4.79 Å². The molecule has 0 saturated carbocycles. The molecule has 0 aromatic heterocycles. The third-order valence-corrected chi connectivity index (χ3v) is 4.13. The van der Waals surface area contributed by atoms with Gasteiger partial charge in [0.25, 0.3) is 5.24 Å². The van der Waals surface area contributed by atoms with Crippen molar-refractivity contribution in [1.29, 1.82) is 0 Å². The zero-order valence-corrected chi connectivity index (χ0v) is 14.9. The molecule has 1 aliphatic rings. The molecule has 120 valence electrons. The maximum Gasteiger partial charge on any atom is 0.268 e. The number of benzene rings is 1. The smallest absolute Gasteiger partial charge is 0.268 e. The summed E-state index contributed by atoms with van der Waals surface area (Å²) in [5.74, 6) is 0. The minimum atomic E-state index is -0.610. The molecule has 1 aliphatic heterocycles. The van der Waals surface area contributed by atoms with E-state index in [4.69, 9.17) is 46.4 Å². The fourth-order valence-electron chi connectivity index (χ4n) is 2.15. The maximum absolute atomic E-state index is 11.5. The highest BCUT2D eigenvalue weighted by atomic mass is 35.5. The second-order valence-electron chi connectivity index (χ2n) is 4.82. The summed E-state index contributed by atoms with van der Waals surface area (Å²) in [6, 6.07) is 6.96. The first kappa shape index (κ1) is 18.1. The van der Waals surface area contributed by atoms with Gasteiger partial charge in [-0.25, -0.2) is 0 Å². The number of hydrazone groups is 1. The van der Waals surface area contributed by atoms with E-state index >= 15 is 0 Å². The molecule has 0 bridgehead atoms. The number of allylic oxidation sites excluding steroid dienone is 3. The summed E-state index contributed by atoms with van der Waals surface area (Å²) in [5, 5.41) is 6.33. The number of carbonyl (C=O) groups is 1. The Morgan fingerprint density at radius 2 is 1.83 bits per heavy atom. The lowest BCUT2D eigenvalue weighted by Crippen LogP contribution is -2.18. The van der Waals surface area contributed by atoms with Crippen LogP contribution in [0.4, 0.5) is 0 Å². The second-order valence-corrected chi connectivity index (χ2v) is 6.49. The van der Waals surface area contributed by atoms with E-state index in [1.165, 1.54) is 6.08 Å². The third-order valence-electron chi connectivity index (χ3n) is 3.23. The van der Waals surface area contributed by atoms with Crippen LogP contribution in [0.25, 0.3) is 0 Å². The predicted octanol–water partition coefficient (Wildman–Crippen LogP) is 5.60. The van der Waals surface area contributed by atoms with Crippen LogP contribution in [0.5, 0.6) is 0 Å². The average molecular weight is 390 g/mol. The normalized spacial score (nSPS) is 17.9. The molecule has 1 atom stereocenters. The molecule has 2 rings (SSSR count). The van der Waals surface area contributed by atoms with Gasteiger partial charge in [-0.2, -0.15) is 5.10 Å². The predicted molar refractivity (Wildman–Crippen MR) is 97.0 cm³/mol.